The molecule has 0 bridgehead atoms. The molecule has 0 aliphatic heterocycles. The van der Waals surface area contributed by atoms with Crippen molar-refractivity contribution in [2.75, 3.05) is 0 Å². The van der Waals surface area contributed by atoms with Crippen molar-refractivity contribution in [2.45, 2.75) is 12.6 Å². The van der Waals surface area contributed by atoms with Gasteiger partial charge in [0.15, 0.2) is 5.69 Å². The summed E-state index contributed by atoms with van der Waals surface area (Å²) in [6.45, 7) is 0. The SMILES string of the molecule is N#Cc1ccc(Cc2cnc(C(F)(F)F)cn2)nc1. The fraction of sp³-hybridized carbons (Fsp3) is 0.167. The molecule has 19 heavy (non-hydrogen) atoms. The maximum atomic E-state index is 12.3. The Morgan fingerprint density at radius 3 is 2.21 bits per heavy atom. The van der Waals surface area contributed by atoms with Crippen LogP contribution in [0.2, 0.25) is 0 Å². The lowest BCUT2D eigenvalue weighted by atomic mass is 10.2. The lowest BCUT2D eigenvalue weighted by Crippen LogP contribution is -2.09. The summed E-state index contributed by atoms with van der Waals surface area (Å²) >= 11 is 0. The Hall–Kier alpha value is -2.49. The second-order valence-corrected chi connectivity index (χ2v) is 3.72. The quantitative estimate of drug-likeness (QED) is 0.835. The molecule has 0 saturated heterocycles. The summed E-state index contributed by atoms with van der Waals surface area (Å²) in [4.78, 5) is 11.0. The summed E-state index contributed by atoms with van der Waals surface area (Å²) in [5, 5.41) is 8.61. The largest absolute Gasteiger partial charge is 0.434 e. The maximum absolute atomic E-state index is 12.3. The standard InChI is InChI=1S/C12H7F3N4/c13-12(14,15)11-7-18-10(6-19-11)3-9-2-1-8(4-16)5-17-9/h1-2,5-7H,3H2. The van der Waals surface area contributed by atoms with Crippen LogP contribution in [0.15, 0.2) is 30.7 Å². The summed E-state index contributed by atoms with van der Waals surface area (Å²) in [5.74, 6) is 0. The number of aromatic nitrogens is 3. The molecular weight excluding hydrogens is 257 g/mol. The van der Waals surface area contributed by atoms with Gasteiger partial charge in [0.25, 0.3) is 0 Å². The molecule has 96 valence electrons. The maximum Gasteiger partial charge on any atom is 0.434 e. The normalized spacial score (nSPS) is 11.1. The van der Waals surface area contributed by atoms with E-state index in [4.69, 9.17) is 5.26 Å². The number of pyridine rings is 1. The van der Waals surface area contributed by atoms with E-state index >= 15 is 0 Å². The van der Waals surface area contributed by atoms with E-state index in [0.717, 1.165) is 6.20 Å². The van der Waals surface area contributed by atoms with Gasteiger partial charge in [0, 0.05) is 24.5 Å². The lowest BCUT2D eigenvalue weighted by molar-refractivity contribution is -0.141. The van der Waals surface area contributed by atoms with Crippen LogP contribution in [0.3, 0.4) is 0 Å². The van der Waals surface area contributed by atoms with Crippen molar-refractivity contribution in [1.82, 2.24) is 15.0 Å². The third-order valence-corrected chi connectivity index (χ3v) is 2.31. The molecule has 0 unspecified atom stereocenters. The highest BCUT2D eigenvalue weighted by Crippen LogP contribution is 2.26. The van der Waals surface area contributed by atoms with Gasteiger partial charge in [0.1, 0.15) is 6.07 Å². The van der Waals surface area contributed by atoms with Crippen LogP contribution in [0.1, 0.15) is 22.6 Å². The predicted octanol–water partition coefficient (Wildman–Crippen LogP) is 2.35. The number of hydrogen-bond acceptors (Lipinski definition) is 4. The first-order valence-electron chi connectivity index (χ1n) is 5.22. The molecule has 4 nitrogen and oxygen atoms in total. The molecule has 0 N–H and O–H groups in total. The third kappa shape index (κ3) is 3.25. The molecule has 0 aromatic carbocycles. The molecule has 0 aliphatic carbocycles. The summed E-state index contributed by atoms with van der Waals surface area (Å²) in [7, 11) is 0. The van der Waals surface area contributed by atoms with Crippen molar-refractivity contribution in [1.29, 1.82) is 5.26 Å². The van der Waals surface area contributed by atoms with Crippen LogP contribution in [-0.2, 0) is 12.6 Å². The summed E-state index contributed by atoms with van der Waals surface area (Å²) in [6, 6.07) is 5.13. The van der Waals surface area contributed by atoms with Crippen LogP contribution in [0.25, 0.3) is 0 Å². The predicted molar refractivity (Wildman–Crippen MR) is 58.8 cm³/mol. The van der Waals surface area contributed by atoms with Crippen LogP contribution in [0.5, 0.6) is 0 Å². The number of alkyl halides is 3. The fourth-order valence-electron chi connectivity index (χ4n) is 1.37. The number of nitriles is 1. The molecule has 0 atom stereocenters. The molecule has 0 spiro atoms. The molecule has 2 heterocycles. The van der Waals surface area contributed by atoms with Crippen molar-refractivity contribution >= 4 is 0 Å². The molecule has 0 amide bonds. The summed E-state index contributed by atoms with van der Waals surface area (Å²) in [5.41, 5.74) is 0.379. The lowest BCUT2D eigenvalue weighted by Gasteiger charge is -2.05. The van der Waals surface area contributed by atoms with Crippen molar-refractivity contribution < 1.29 is 13.2 Å². The highest BCUT2D eigenvalue weighted by Gasteiger charge is 2.32. The van der Waals surface area contributed by atoms with E-state index in [1.165, 1.54) is 6.20 Å². The van der Waals surface area contributed by atoms with Gasteiger partial charge in [0.2, 0.25) is 0 Å². The number of halogens is 3. The Labute approximate surface area is 106 Å². The van der Waals surface area contributed by atoms with E-state index in [1.807, 2.05) is 6.07 Å². The van der Waals surface area contributed by atoms with Gasteiger partial charge in [0.05, 0.1) is 17.5 Å². The van der Waals surface area contributed by atoms with E-state index in [0.29, 0.717) is 23.1 Å². The van der Waals surface area contributed by atoms with Gasteiger partial charge < -0.3 is 0 Å². The third-order valence-electron chi connectivity index (χ3n) is 2.31. The smallest absolute Gasteiger partial charge is 0.260 e. The average Bonchev–Trinajstić information content (AvgIpc) is 2.39. The molecule has 2 aromatic heterocycles. The van der Waals surface area contributed by atoms with Crippen LogP contribution < -0.4 is 0 Å². The molecule has 0 aliphatic rings. The van der Waals surface area contributed by atoms with Gasteiger partial charge in [-0.3, -0.25) is 9.97 Å². The number of nitrogens with zero attached hydrogens (tertiary/aromatic N) is 4. The fourth-order valence-corrected chi connectivity index (χ4v) is 1.37. The van der Waals surface area contributed by atoms with Gasteiger partial charge in [-0.15, -0.1) is 0 Å². The average molecular weight is 264 g/mol. The minimum Gasteiger partial charge on any atom is -0.260 e. The number of hydrogen-bond donors (Lipinski definition) is 0. The van der Waals surface area contributed by atoms with E-state index in [-0.39, 0.29) is 6.42 Å². The van der Waals surface area contributed by atoms with Crippen LogP contribution in [0.4, 0.5) is 13.2 Å². The van der Waals surface area contributed by atoms with Crippen LogP contribution >= 0.6 is 0 Å². The highest BCUT2D eigenvalue weighted by molar-refractivity contribution is 5.27. The first-order valence-corrected chi connectivity index (χ1v) is 5.22. The highest BCUT2D eigenvalue weighted by atomic mass is 19.4. The van der Waals surface area contributed by atoms with E-state index in [1.54, 1.807) is 12.1 Å². The zero-order valence-corrected chi connectivity index (χ0v) is 9.52. The molecule has 2 rings (SSSR count). The zero-order valence-electron chi connectivity index (χ0n) is 9.52. The summed E-state index contributed by atoms with van der Waals surface area (Å²) < 4.78 is 36.9. The minimum absolute atomic E-state index is 0.261. The van der Waals surface area contributed by atoms with E-state index in [9.17, 15) is 13.2 Å². The van der Waals surface area contributed by atoms with Crippen molar-refractivity contribution in [3.8, 4) is 6.07 Å². The molecule has 0 radical (unpaired) electrons. The van der Waals surface area contributed by atoms with Crippen molar-refractivity contribution in [3.05, 3.63) is 53.4 Å². The molecule has 7 heteroatoms. The Kier molecular flexibility index (Phi) is 3.42. The number of rotatable bonds is 2. The first kappa shape index (κ1) is 13.0. The topological polar surface area (TPSA) is 62.5 Å². The molecule has 0 fully saturated rings. The second-order valence-electron chi connectivity index (χ2n) is 3.72. The molecular formula is C12H7F3N4. The first-order chi connectivity index (χ1) is 8.99. The zero-order chi connectivity index (χ0) is 13.9. The van der Waals surface area contributed by atoms with Crippen LogP contribution in [0, 0.1) is 11.3 Å². The van der Waals surface area contributed by atoms with Crippen molar-refractivity contribution in [3.63, 3.8) is 0 Å². The van der Waals surface area contributed by atoms with E-state index in [2.05, 4.69) is 15.0 Å². The van der Waals surface area contributed by atoms with E-state index < -0.39 is 11.9 Å². The second kappa shape index (κ2) is 5.02. The molecule has 0 saturated carbocycles. The molecule has 2 aromatic rings. The van der Waals surface area contributed by atoms with Crippen molar-refractivity contribution in [2.24, 2.45) is 0 Å². The monoisotopic (exact) mass is 264 g/mol. The van der Waals surface area contributed by atoms with Gasteiger partial charge >= 0.3 is 6.18 Å². The Balaban J connectivity index is 2.13. The van der Waals surface area contributed by atoms with Gasteiger partial charge in [-0.25, -0.2) is 4.98 Å². The summed E-state index contributed by atoms with van der Waals surface area (Å²) in [6.07, 6.45) is -1.07. The van der Waals surface area contributed by atoms with Gasteiger partial charge in [-0.2, -0.15) is 18.4 Å². The Bertz CT molecular complexity index is 597. The Morgan fingerprint density at radius 1 is 1.00 bits per heavy atom. The van der Waals surface area contributed by atoms with Gasteiger partial charge in [-0.05, 0) is 12.1 Å². The minimum atomic E-state index is -4.49. The van der Waals surface area contributed by atoms with Gasteiger partial charge in [-0.1, -0.05) is 0 Å². The Morgan fingerprint density at radius 2 is 1.74 bits per heavy atom. The van der Waals surface area contributed by atoms with Crippen LogP contribution in [-0.4, -0.2) is 15.0 Å².